The molecular weight excluding hydrogens is 344 g/mol. The highest BCUT2D eigenvalue weighted by atomic mass is 16.4. The lowest BCUT2D eigenvalue weighted by atomic mass is 10.0. The molecule has 7 nitrogen and oxygen atoms in total. The van der Waals surface area contributed by atoms with E-state index in [0.717, 1.165) is 42.1 Å². The van der Waals surface area contributed by atoms with Gasteiger partial charge in [-0.15, -0.1) is 0 Å². The van der Waals surface area contributed by atoms with Gasteiger partial charge in [0, 0.05) is 29.7 Å². The summed E-state index contributed by atoms with van der Waals surface area (Å²) in [6.45, 7) is 0. The maximum atomic E-state index is 12.7. The highest BCUT2D eigenvalue weighted by molar-refractivity contribution is 5.95. The van der Waals surface area contributed by atoms with Crippen molar-refractivity contribution in [1.29, 1.82) is 0 Å². The van der Waals surface area contributed by atoms with E-state index >= 15 is 0 Å². The maximum absolute atomic E-state index is 12.7. The van der Waals surface area contributed by atoms with Crippen LogP contribution in [0.2, 0.25) is 0 Å². The molecule has 0 radical (unpaired) electrons. The Morgan fingerprint density at radius 2 is 2.04 bits per heavy atom. The van der Waals surface area contributed by atoms with E-state index in [-0.39, 0.29) is 12.5 Å². The van der Waals surface area contributed by atoms with Crippen molar-refractivity contribution in [2.45, 2.75) is 44.2 Å². The molecule has 0 spiro atoms. The number of carboxylic acid groups (broad SMARTS) is 1. The first kappa shape index (κ1) is 17.3. The summed E-state index contributed by atoms with van der Waals surface area (Å²) < 4.78 is 1.74. The Morgan fingerprint density at radius 3 is 2.81 bits per heavy atom. The maximum Gasteiger partial charge on any atom is 0.326 e. The number of nitrogens with zero attached hydrogens (tertiary/aromatic N) is 2. The largest absolute Gasteiger partial charge is 0.480 e. The Kier molecular flexibility index (Phi) is 4.66. The lowest BCUT2D eigenvalue weighted by Crippen LogP contribution is -2.43. The fraction of sp³-hybridized carbons (Fsp3) is 0.350. The summed E-state index contributed by atoms with van der Waals surface area (Å²) >= 11 is 0. The van der Waals surface area contributed by atoms with Gasteiger partial charge in [-0.3, -0.25) is 9.48 Å². The number of rotatable bonds is 6. The number of benzene rings is 1. The van der Waals surface area contributed by atoms with Crippen LogP contribution < -0.4 is 5.32 Å². The number of carbonyl (C=O) groups is 2. The van der Waals surface area contributed by atoms with Crippen LogP contribution in [0.25, 0.3) is 10.9 Å². The smallest absolute Gasteiger partial charge is 0.326 e. The van der Waals surface area contributed by atoms with Gasteiger partial charge < -0.3 is 15.4 Å². The molecule has 1 saturated carbocycles. The molecule has 3 N–H and O–H groups in total. The van der Waals surface area contributed by atoms with Crippen molar-refractivity contribution >= 4 is 22.8 Å². The second kappa shape index (κ2) is 7.26. The van der Waals surface area contributed by atoms with Gasteiger partial charge in [0.25, 0.3) is 5.91 Å². The summed E-state index contributed by atoms with van der Waals surface area (Å²) in [5, 5.41) is 17.6. The van der Waals surface area contributed by atoms with E-state index in [0.29, 0.717) is 5.69 Å². The number of hydrogen-bond acceptors (Lipinski definition) is 3. The molecule has 1 fully saturated rings. The number of H-pyrrole nitrogens is 1. The third-order valence-electron chi connectivity index (χ3n) is 5.28. The molecule has 1 aliphatic rings. The summed E-state index contributed by atoms with van der Waals surface area (Å²) in [5.41, 5.74) is 2.23. The molecule has 1 atom stereocenters. The van der Waals surface area contributed by atoms with Crippen molar-refractivity contribution in [2.24, 2.45) is 0 Å². The summed E-state index contributed by atoms with van der Waals surface area (Å²) in [6.07, 6.45) is 7.87. The standard InChI is InChI=1S/C20H22N4O3/c25-19(18-9-10-22-24(18)14-5-1-2-6-14)23-17(20(26)27)11-13-12-21-16-8-4-3-7-15(13)16/h3-4,7-10,12,14,17,21H,1-2,5-6,11H2,(H,23,25)(H,26,27). The van der Waals surface area contributed by atoms with Gasteiger partial charge in [0.05, 0.1) is 6.04 Å². The molecule has 2 aromatic heterocycles. The zero-order chi connectivity index (χ0) is 18.8. The number of aliphatic carboxylic acids is 1. The predicted molar refractivity (Wildman–Crippen MR) is 101 cm³/mol. The zero-order valence-corrected chi connectivity index (χ0v) is 14.9. The zero-order valence-electron chi connectivity index (χ0n) is 14.9. The van der Waals surface area contributed by atoms with E-state index in [4.69, 9.17) is 0 Å². The van der Waals surface area contributed by atoms with Crippen LogP contribution in [0.1, 0.15) is 47.8 Å². The van der Waals surface area contributed by atoms with E-state index in [1.54, 1.807) is 23.1 Å². The number of amides is 1. The average Bonchev–Trinajstić information content (AvgIpc) is 3.41. The van der Waals surface area contributed by atoms with Crippen LogP contribution in [0.5, 0.6) is 0 Å². The molecule has 0 aliphatic heterocycles. The van der Waals surface area contributed by atoms with Gasteiger partial charge in [0.2, 0.25) is 0 Å². The summed E-state index contributed by atoms with van der Waals surface area (Å²) in [5.74, 6) is -1.45. The quantitative estimate of drug-likeness (QED) is 0.624. The Morgan fingerprint density at radius 1 is 1.26 bits per heavy atom. The number of fused-ring (bicyclic) bond motifs is 1. The van der Waals surface area contributed by atoms with Crippen LogP contribution >= 0.6 is 0 Å². The van der Waals surface area contributed by atoms with Crippen molar-refractivity contribution in [2.75, 3.05) is 0 Å². The van der Waals surface area contributed by atoms with Crippen LogP contribution in [0, 0.1) is 0 Å². The van der Waals surface area contributed by atoms with E-state index in [1.807, 2.05) is 24.3 Å². The Bertz CT molecular complexity index is 968. The van der Waals surface area contributed by atoms with Gasteiger partial charge in [-0.1, -0.05) is 31.0 Å². The van der Waals surface area contributed by atoms with Crippen molar-refractivity contribution in [3.05, 3.63) is 54.0 Å². The first-order valence-corrected chi connectivity index (χ1v) is 9.25. The molecule has 0 saturated heterocycles. The minimum absolute atomic E-state index is 0.211. The number of aromatic amines is 1. The average molecular weight is 366 g/mol. The van der Waals surface area contributed by atoms with Crippen LogP contribution in [0.3, 0.4) is 0 Å². The molecule has 4 rings (SSSR count). The molecule has 1 amide bonds. The minimum atomic E-state index is -1.06. The van der Waals surface area contributed by atoms with E-state index in [2.05, 4.69) is 15.4 Å². The SMILES string of the molecule is O=C(NC(Cc1c[nH]c2ccccc12)C(=O)O)c1ccnn1C1CCCC1. The lowest BCUT2D eigenvalue weighted by molar-refractivity contribution is -0.139. The van der Waals surface area contributed by atoms with Crippen LogP contribution in [0.15, 0.2) is 42.7 Å². The highest BCUT2D eigenvalue weighted by Gasteiger charge is 2.26. The predicted octanol–water partition coefficient (Wildman–Crippen LogP) is 2.91. The highest BCUT2D eigenvalue weighted by Crippen LogP contribution is 2.29. The van der Waals surface area contributed by atoms with Gasteiger partial charge in [0.15, 0.2) is 0 Å². The summed E-state index contributed by atoms with van der Waals surface area (Å²) in [7, 11) is 0. The molecule has 1 unspecified atom stereocenters. The number of nitrogens with one attached hydrogen (secondary N) is 2. The van der Waals surface area contributed by atoms with Gasteiger partial charge in [-0.25, -0.2) is 4.79 Å². The third kappa shape index (κ3) is 3.45. The topological polar surface area (TPSA) is 100 Å². The third-order valence-corrected chi connectivity index (χ3v) is 5.28. The van der Waals surface area contributed by atoms with Crippen LogP contribution in [-0.2, 0) is 11.2 Å². The van der Waals surface area contributed by atoms with Gasteiger partial charge >= 0.3 is 5.97 Å². The van der Waals surface area contributed by atoms with Crippen molar-refractivity contribution < 1.29 is 14.7 Å². The lowest BCUT2D eigenvalue weighted by Gasteiger charge is -2.17. The first-order chi connectivity index (χ1) is 13.1. The number of para-hydroxylation sites is 1. The Hall–Kier alpha value is -3.09. The molecule has 140 valence electrons. The number of carbonyl (C=O) groups excluding carboxylic acids is 1. The Balaban J connectivity index is 1.53. The van der Waals surface area contributed by atoms with E-state index in [1.165, 1.54) is 0 Å². The van der Waals surface area contributed by atoms with E-state index < -0.39 is 17.9 Å². The molecule has 2 heterocycles. The van der Waals surface area contributed by atoms with Crippen molar-refractivity contribution in [3.8, 4) is 0 Å². The molecule has 1 aromatic carbocycles. The van der Waals surface area contributed by atoms with Gasteiger partial charge in [-0.05, 0) is 30.5 Å². The number of aromatic nitrogens is 3. The van der Waals surface area contributed by atoms with Gasteiger partial charge in [0.1, 0.15) is 11.7 Å². The summed E-state index contributed by atoms with van der Waals surface area (Å²) in [6, 6.07) is 8.57. The van der Waals surface area contributed by atoms with Crippen molar-refractivity contribution in [3.63, 3.8) is 0 Å². The monoisotopic (exact) mass is 366 g/mol. The summed E-state index contributed by atoms with van der Waals surface area (Å²) in [4.78, 5) is 27.6. The molecular formula is C20H22N4O3. The van der Waals surface area contributed by atoms with Gasteiger partial charge in [-0.2, -0.15) is 5.10 Å². The fourth-order valence-electron chi connectivity index (χ4n) is 3.89. The number of hydrogen-bond donors (Lipinski definition) is 3. The first-order valence-electron chi connectivity index (χ1n) is 9.25. The Labute approximate surface area is 156 Å². The molecule has 1 aliphatic carbocycles. The normalized spacial score (nSPS) is 15.9. The molecule has 0 bridgehead atoms. The number of carboxylic acids is 1. The molecule has 3 aromatic rings. The van der Waals surface area contributed by atoms with Crippen LogP contribution in [-0.4, -0.2) is 37.8 Å². The molecule has 7 heteroatoms. The fourth-order valence-corrected chi connectivity index (χ4v) is 3.89. The van der Waals surface area contributed by atoms with E-state index in [9.17, 15) is 14.7 Å². The minimum Gasteiger partial charge on any atom is -0.480 e. The second-order valence-electron chi connectivity index (χ2n) is 7.03. The molecule has 27 heavy (non-hydrogen) atoms. The van der Waals surface area contributed by atoms with Crippen LogP contribution in [0.4, 0.5) is 0 Å². The second-order valence-corrected chi connectivity index (χ2v) is 7.03. The van der Waals surface area contributed by atoms with Crippen molar-refractivity contribution in [1.82, 2.24) is 20.1 Å².